The molecule has 0 saturated heterocycles. The van der Waals surface area contributed by atoms with E-state index >= 15 is 0 Å². The van der Waals surface area contributed by atoms with Crippen LogP contribution in [0.2, 0.25) is 0 Å². The Morgan fingerprint density at radius 2 is 1.30 bits per heavy atom. The number of fused-ring (bicyclic) bond motifs is 3. The van der Waals surface area contributed by atoms with Gasteiger partial charge in [-0.1, -0.05) is 20.8 Å². The minimum absolute atomic E-state index is 0.124. The summed E-state index contributed by atoms with van der Waals surface area (Å²) in [5, 5.41) is 0. The zero-order chi connectivity index (χ0) is 24.2. The number of carbonyl (C=O) groups excluding carboxylic acids is 2. The molecule has 0 amide bonds. The van der Waals surface area contributed by atoms with Crippen molar-refractivity contribution in [2.75, 3.05) is 13.6 Å². The number of ether oxygens (including phenoxy) is 5. The molecule has 2 aromatic carbocycles. The van der Waals surface area contributed by atoms with Crippen LogP contribution in [0, 0.1) is 12.6 Å². The van der Waals surface area contributed by atoms with Gasteiger partial charge in [-0.3, -0.25) is 4.79 Å². The Morgan fingerprint density at radius 1 is 0.788 bits per heavy atom. The van der Waals surface area contributed by atoms with Crippen LogP contribution in [0.5, 0.6) is 11.5 Å². The standard InChI is InChI=1S/C25H30IO7/c1-24(2,3)13-22(27)31-14-29-16-7-9-20-18(11-16)19-12-17(8-10-21(19)26-20)30-15-32-23(28)33-25(4,5)6/h7-12H,13-15H2,1-6H3/q+1. The zero-order valence-electron chi connectivity index (χ0n) is 19.8. The molecule has 0 aliphatic carbocycles. The molecule has 2 aromatic rings. The summed E-state index contributed by atoms with van der Waals surface area (Å²) in [6, 6.07) is 11.8. The molecule has 33 heavy (non-hydrogen) atoms. The Hall–Kier alpha value is -2.49. The second-order valence-electron chi connectivity index (χ2n) is 9.76. The lowest BCUT2D eigenvalue weighted by molar-refractivity contribution is -0.589. The SMILES string of the molecule is CC(C)(C)CC(=O)OCOc1ccc2c(c1)-c1cc(OCOC(=O)OC(C)(C)C)ccc1[I+]2. The highest BCUT2D eigenvalue weighted by atomic mass is 127. The van der Waals surface area contributed by atoms with Gasteiger partial charge in [0.05, 0.1) is 6.42 Å². The molecule has 1 aliphatic rings. The summed E-state index contributed by atoms with van der Waals surface area (Å²) < 4.78 is 29.1. The van der Waals surface area contributed by atoms with E-state index in [9.17, 15) is 9.59 Å². The summed E-state index contributed by atoms with van der Waals surface area (Å²) in [5.41, 5.74) is 1.40. The van der Waals surface area contributed by atoms with Crippen molar-refractivity contribution in [1.29, 1.82) is 0 Å². The lowest BCUT2D eigenvalue weighted by Crippen LogP contribution is -3.61. The van der Waals surface area contributed by atoms with Gasteiger partial charge in [0.15, 0.2) is 0 Å². The molecule has 1 aliphatic heterocycles. The van der Waals surface area contributed by atoms with E-state index in [1.165, 1.54) is 7.14 Å². The number of halogens is 1. The fourth-order valence-electron chi connectivity index (χ4n) is 2.95. The van der Waals surface area contributed by atoms with Crippen molar-refractivity contribution in [2.24, 2.45) is 5.41 Å². The van der Waals surface area contributed by atoms with Crippen LogP contribution in [0.15, 0.2) is 36.4 Å². The minimum atomic E-state index is -0.773. The average molecular weight is 569 g/mol. The van der Waals surface area contributed by atoms with Crippen LogP contribution in [0.4, 0.5) is 4.79 Å². The fraction of sp³-hybridized carbons (Fsp3) is 0.440. The van der Waals surface area contributed by atoms with Gasteiger partial charge in [0.25, 0.3) is 0 Å². The predicted molar refractivity (Wildman–Crippen MR) is 118 cm³/mol. The van der Waals surface area contributed by atoms with E-state index in [2.05, 4.69) is 6.07 Å². The molecule has 0 atom stereocenters. The molecule has 0 aromatic heterocycles. The van der Waals surface area contributed by atoms with Gasteiger partial charge in [-0.05, 0) is 62.6 Å². The largest absolute Gasteiger partial charge is 0.511 e. The van der Waals surface area contributed by atoms with Crippen molar-refractivity contribution in [2.45, 2.75) is 53.6 Å². The van der Waals surface area contributed by atoms with E-state index in [4.69, 9.17) is 23.7 Å². The summed E-state index contributed by atoms with van der Waals surface area (Å²) in [7, 11) is 0. The number of esters is 1. The van der Waals surface area contributed by atoms with Gasteiger partial charge in [-0.2, -0.15) is 0 Å². The van der Waals surface area contributed by atoms with E-state index in [0.717, 1.165) is 11.1 Å². The molecule has 0 N–H and O–H groups in total. The summed E-state index contributed by atoms with van der Waals surface area (Å²) >= 11 is -0.305. The zero-order valence-corrected chi connectivity index (χ0v) is 22.0. The monoisotopic (exact) mass is 569 g/mol. The lowest BCUT2D eigenvalue weighted by atomic mass is 9.93. The van der Waals surface area contributed by atoms with Gasteiger partial charge >= 0.3 is 33.3 Å². The van der Waals surface area contributed by atoms with Crippen LogP contribution >= 0.6 is 0 Å². The van der Waals surface area contributed by atoms with E-state index in [1.807, 2.05) is 51.1 Å². The van der Waals surface area contributed by atoms with Crippen LogP contribution in [-0.4, -0.2) is 31.3 Å². The molecule has 8 heteroatoms. The number of carbonyl (C=O) groups is 2. The van der Waals surface area contributed by atoms with Gasteiger partial charge < -0.3 is 23.7 Å². The Bertz CT molecular complexity index is 937. The van der Waals surface area contributed by atoms with Crippen LogP contribution in [0.3, 0.4) is 0 Å². The number of hydrogen-bond acceptors (Lipinski definition) is 7. The van der Waals surface area contributed by atoms with E-state index in [-0.39, 0.29) is 46.2 Å². The molecule has 7 nitrogen and oxygen atoms in total. The van der Waals surface area contributed by atoms with E-state index < -0.39 is 11.8 Å². The van der Waals surface area contributed by atoms with Crippen molar-refractivity contribution >= 4 is 12.1 Å². The van der Waals surface area contributed by atoms with Crippen molar-refractivity contribution in [3.63, 3.8) is 0 Å². The first-order valence-corrected chi connectivity index (χ1v) is 12.8. The van der Waals surface area contributed by atoms with Gasteiger partial charge in [-0.15, -0.1) is 0 Å². The number of hydrogen-bond donors (Lipinski definition) is 0. The molecule has 1 heterocycles. The molecular weight excluding hydrogens is 539 g/mol. The first-order chi connectivity index (χ1) is 15.4. The maximum atomic E-state index is 11.9. The van der Waals surface area contributed by atoms with Crippen molar-refractivity contribution in [3.8, 4) is 22.6 Å². The first-order valence-electron chi connectivity index (χ1n) is 10.6. The van der Waals surface area contributed by atoms with Gasteiger partial charge in [-0.25, -0.2) is 4.79 Å². The third-order valence-corrected chi connectivity index (χ3v) is 7.33. The summed E-state index contributed by atoms with van der Waals surface area (Å²) in [4.78, 5) is 23.6. The topological polar surface area (TPSA) is 80.3 Å². The Labute approximate surface area is 205 Å². The summed E-state index contributed by atoms with van der Waals surface area (Å²) in [5.74, 6) is 0.945. The molecular formula is C25H30IO7+. The molecule has 178 valence electrons. The highest BCUT2D eigenvalue weighted by Crippen LogP contribution is 2.30. The molecule has 0 saturated carbocycles. The molecule has 0 spiro atoms. The quantitative estimate of drug-likeness (QED) is 0.246. The van der Waals surface area contributed by atoms with Crippen molar-refractivity contribution < 1.29 is 54.5 Å². The Kier molecular flexibility index (Phi) is 7.76. The van der Waals surface area contributed by atoms with Gasteiger partial charge in [0.2, 0.25) is 20.7 Å². The van der Waals surface area contributed by atoms with Gasteiger partial charge in [0, 0.05) is 11.1 Å². The number of rotatable bonds is 7. The van der Waals surface area contributed by atoms with Crippen LogP contribution in [-0.2, 0) is 19.0 Å². The Morgan fingerprint density at radius 3 is 1.79 bits per heavy atom. The van der Waals surface area contributed by atoms with E-state index in [1.54, 1.807) is 20.8 Å². The molecule has 0 radical (unpaired) electrons. The van der Waals surface area contributed by atoms with Crippen LogP contribution < -0.4 is 30.7 Å². The summed E-state index contributed by atoms with van der Waals surface area (Å²) in [6.07, 6.45) is -0.441. The van der Waals surface area contributed by atoms with Crippen LogP contribution in [0.1, 0.15) is 48.0 Å². The minimum Gasteiger partial charge on any atom is -0.457 e. The molecule has 0 unspecified atom stereocenters. The smallest absolute Gasteiger partial charge is 0.457 e. The van der Waals surface area contributed by atoms with E-state index in [0.29, 0.717) is 17.9 Å². The maximum absolute atomic E-state index is 11.9. The Balaban J connectivity index is 1.59. The average Bonchev–Trinajstić information content (AvgIpc) is 3.02. The molecule has 0 fully saturated rings. The fourth-order valence-corrected chi connectivity index (χ4v) is 5.77. The van der Waals surface area contributed by atoms with Gasteiger partial charge in [0.1, 0.15) is 17.1 Å². The third kappa shape index (κ3) is 7.80. The maximum Gasteiger partial charge on any atom is 0.511 e. The number of benzene rings is 2. The molecule has 3 rings (SSSR count). The second kappa shape index (κ2) is 10.2. The molecule has 0 bridgehead atoms. The highest BCUT2D eigenvalue weighted by Gasteiger charge is 2.34. The van der Waals surface area contributed by atoms with Crippen molar-refractivity contribution in [1.82, 2.24) is 0 Å². The van der Waals surface area contributed by atoms with Crippen molar-refractivity contribution in [3.05, 3.63) is 43.5 Å². The predicted octanol–water partition coefficient (Wildman–Crippen LogP) is 2.40. The summed E-state index contributed by atoms with van der Waals surface area (Å²) in [6.45, 7) is 10.9. The highest BCUT2D eigenvalue weighted by molar-refractivity contribution is 5.70. The second-order valence-corrected chi connectivity index (χ2v) is 12.6. The van der Waals surface area contributed by atoms with Crippen LogP contribution in [0.25, 0.3) is 11.1 Å². The third-order valence-electron chi connectivity index (χ3n) is 4.28. The lowest BCUT2D eigenvalue weighted by Gasteiger charge is -2.18. The first kappa shape index (κ1) is 25.1. The normalized spacial score (nSPS) is 12.4.